The molecule has 0 heterocycles. The Hall–Kier alpha value is -1.26. The highest BCUT2D eigenvalue weighted by atomic mass is 16.5. The average molecular weight is 678 g/mol. The minimum atomic E-state index is -0.198. The van der Waals surface area contributed by atoms with E-state index in [0.29, 0.717) is 74.8 Å². The molecule has 0 aromatic rings. The van der Waals surface area contributed by atoms with Crippen LogP contribution in [0.4, 0.5) is 0 Å². The van der Waals surface area contributed by atoms with Crippen LogP contribution in [-0.2, 0) is 28.5 Å². The van der Waals surface area contributed by atoms with Gasteiger partial charge in [0.1, 0.15) is 6.10 Å². The van der Waals surface area contributed by atoms with E-state index < -0.39 is 0 Å². The van der Waals surface area contributed by atoms with E-state index in [-0.39, 0.29) is 47.5 Å². The van der Waals surface area contributed by atoms with Gasteiger partial charge in [-0.15, -0.1) is 0 Å². The predicted molar refractivity (Wildman–Crippen MR) is 190 cm³/mol. The number of unbranched alkanes of at least 4 members (excludes halogenated alkanes) is 3. The number of carbonyl (C=O) groups excluding carboxylic acids is 2. The summed E-state index contributed by atoms with van der Waals surface area (Å²) in [5.41, 5.74) is 17.5. The Labute approximate surface area is 291 Å². The second-order valence-corrected chi connectivity index (χ2v) is 16.3. The molecule has 0 aliphatic heterocycles. The highest BCUT2D eigenvalue weighted by Gasteiger charge is 2.67. The molecule has 9 nitrogen and oxygen atoms in total. The smallest absolute Gasteiger partial charge is 0.307 e. The third kappa shape index (κ3) is 9.15. The van der Waals surface area contributed by atoms with Gasteiger partial charge in [-0.3, -0.25) is 9.59 Å². The molecule has 0 saturated heterocycles. The Balaban J connectivity index is 1.57. The molecule has 4 saturated carbocycles. The van der Waals surface area contributed by atoms with E-state index in [1.54, 1.807) is 0 Å². The van der Waals surface area contributed by atoms with Gasteiger partial charge in [0.05, 0.1) is 25.2 Å². The van der Waals surface area contributed by atoms with E-state index in [0.717, 1.165) is 83.7 Å². The van der Waals surface area contributed by atoms with E-state index >= 15 is 0 Å². The molecule has 0 spiro atoms. The molecule has 4 rings (SSSR count). The summed E-state index contributed by atoms with van der Waals surface area (Å²) in [6.45, 7) is 12.9. The Morgan fingerprint density at radius 2 is 1.54 bits per heavy atom. The van der Waals surface area contributed by atoms with E-state index in [2.05, 4.69) is 27.7 Å². The second kappa shape index (κ2) is 18.8. The molecule has 0 amide bonds. The summed E-state index contributed by atoms with van der Waals surface area (Å²) in [5, 5.41) is 0. The van der Waals surface area contributed by atoms with Crippen molar-refractivity contribution in [3.8, 4) is 0 Å². The first-order valence-electron chi connectivity index (χ1n) is 19.8. The lowest BCUT2D eigenvalue weighted by molar-refractivity contribution is -0.226. The van der Waals surface area contributed by atoms with Crippen LogP contribution in [0, 0.1) is 46.3 Å². The van der Waals surface area contributed by atoms with Gasteiger partial charge in [0, 0.05) is 31.6 Å². The molecule has 4 fully saturated rings. The fourth-order valence-corrected chi connectivity index (χ4v) is 10.9. The first kappa shape index (κ1) is 39.5. The van der Waals surface area contributed by atoms with E-state index in [4.69, 9.17) is 36.1 Å². The molecular weight excluding hydrogens is 606 g/mol. The van der Waals surface area contributed by atoms with Crippen molar-refractivity contribution in [1.82, 2.24) is 0 Å². The highest BCUT2D eigenvalue weighted by Crippen LogP contribution is 2.69. The van der Waals surface area contributed by atoms with Gasteiger partial charge in [-0.1, -0.05) is 47.0 Å². The van der Waals surface area contributed by atoms with Crippen molar-refractivity contribution in [2.45, 2.75) is 149 Å². The lowest BCUT2D eigenvalue weighted by Crippen LogP contribution is -2.63. The fourth-order valence-electron chi connectivity index (χ4n) is 10.9. The predicted octanol–water partition coefficient (Wildman–Crippen LogP) is 6.13. The topological polar surface area (TPSA) is 149 Å². The van der Waals surface area contributed by atoms with E-state index in [1.165, 1.54) is 12.8 Å². The number of hydrogen-bond acceptors (Lipinski definition) is 9. The lowest BCUT2D eigenvalue weighted by atomic mass is 9.43. The number of fused-ring (bicyclic) bond motifs is 5. The molecule has 11 atom stereocenters. The first-order chi connectivity index (χ1) is 23.1. The molecule has 4 aliphatic carbocycles. The van der Waals surface area contributed by atoms with Crippen LogP contribution in [-0.4, -0.2) is 69.7 Å². The molecule has 48 heavy (non-hydrogen) atoms. The van der Waals surface area contributed by atoms with Crippen molar-refractivity contribution in [1.29, 1.82) is 0 Å². The number of esters is 2. The van der Waals surface area contributed by atoms with Gasteiger partial charge >= 0.3 is 11.9 Å². The van der Waals surface area contributed by atoms with Crippen LogP contribution in [0.15, 0.2) is 0 Å². The van der Waals surface area contributed by atoms with E-state index in [1.807, 2.05) is 0 Å². The van der Waals surface area contributed by atoms with Crippen molar-refractivity contribution >= 4 is 11.9 Å². The highest BCUT2D eigenvalue weighted by molar-refractivity contribution is 5.70. The Morgan fingerprint density at radius 3 is 2.25 bits per heavy atom. The van der Waals surface area contributed by atoms with Crippen molar-refractivity contribution in [2.75, 3.05) is 39.5 Å². The number of ether oxygens (including phenoxy) is 4. The summed E-state index contributed by atoms with van der Waals surface area (Å²) in [6, 6.07) is 0. The molecule has 6 N–H and O–H groups in total. The Morgan fingerprint density at radius 1 is 0.792 bits per heavy atom. The third-order valence-electron chi connectivity index (χ3n) is 13.5. The van der Waals surface area contributed by atoms with Crippen LogP contribution in [0.5, 0.6) is 0 Å². The number of carbonyl (C=O) groups is 2. The van der Waals surface area contributed by atoms with Gasteiger partial charge in [0.15, 0.2) is 0 Å². The summed E-state index contributed by atoms with van der Waals surface area (Å²) in [5.74, 6) is 2.05. The standard InChI is InChI=1S/C39H71N3O6/c1-5-6-7-8-21-47-35(43)14-11-27(2)30-12-13-31-37-32(26-34(39(30,31)4)48-36(44)16-20-42)38(3)17-15-29(45-22-9-18-40)24-28(38)25-33(37)46-23-10-19-41/h27-34,37H,5-26,40-42H2,1-4H3/t27-,28+,29-,30-,31+,32+,33-,34+,37+,38+,39-/m1/s1. The molecule has 0 aromatic carbocycles. The molecule has 9 heteroatoms. The number of hydrogen-bond donors (Lipinski definition) is 3. The summed E-state index contributed by atoms with van der Waals surface area (Å²) in [7, 11) is 0. The van der Waals surface area contributed by atoms with Crippen molar-refractivity contribution < 1.29 is 28.5 Å². The molecule has 0 aromatic heterocycles. The third-order valence-corrected chi connectivity index (χ3v) is 13.5. The summed E-state index contributed by atoms with van der Waals surface area (Å²) < 4.78 is 25.3. The van der Waals surface area contributed by atoms with Crippen molar-refractivity contribution in [3.05, 3.63) is 0 Å². The molecular formula is C39H71N3O6. The second-order valence-electron chi connectivity index (χ2n) is 16.3. The minimum absolute atomic E-state index is 0.0881. The molecule has 0 unspecified atom stereocenters. The van der Waals surface area contributed by atoms with Crippen molar-refractivity contribution in [2.24, 2.45) is 63.5 Å². The van der Waals surface area contributed by atoms with Gasteiger partial charge < -0.3 is 36.1 Å². The SMILES string of the molecule is CCCCCCOC(=O)CC[C@@H](C)[C@H]1CC[C@H]2[C@@H]3[C@H](OCCCN)C[C@@H]4C[C@H](OCCCN)CC[C@]4(C)[C@H]3C[C@H](OC(=O)CCN)[C@]12C. The zero-order valence-electron chi connectivity index (χ0n) is 30.9. The van der Waals surface area contributed by atoms with Gasteiger partial charge in [-0.2, -0.15) is 0 Å². The maximum absolute atomic E-state index is 13.2. The van der Waals surface area contributed by atoms with Gasteiger partial charge in [0.25, 0.3) is 0 Å². The molecule has 0 radical (unpaired) electrons. The number of rotatable bonds is 20. The molecule has 278 valence electrons. The maximum Gasteiger partial charge on any atom is 0.307 e. The lowest BCUT2D eigenvalue weighted by Gasteiger charge is -2.64. The van der Waals surface area contributed by atoms with Crippen LogP contribution in [0.25, 0.3) is 0 Å². The largest absolute Gasteiger partial charge is 0.466 e. The van der Waals surface area contributed by atoms with Gasteiger partial charge in [-0.25, -0.2) is 0 Å². The van der Waals surface area contributed by atoms with E-state index in [9.17, 15) is 9.59 Å². The average Bonchev–Trinajstić information content (AvgIpc) is 3.42. The van der Waals surface area contributed by atoms with Crippen LogP contribution in [0.1, 0.15) is 130 Å². The normalized spacial score (nSPS) is 36.5. The van der Waals surface area contributed by atoms with Crippen LogP contribution in [0.2, 0.25) is 0 Å². The van der Waals surface area contributed by atoms with Gasteiger partial charge in [0.2, 0.25) is 0 Å². The number of nitrogens with two attached hydrogens (primary N) is 3. The quantitative estimate of drug-likeness (QED) is 0.102. The van der Waals surface area contributed by atoms with Gasteiger partial charge in [-0.05, 0) is 125 Å². The van der Waals surface area contributed by atoms with Crippen LogP contribution >= 0.6 is 0 Å². The zero-order valence-corrected chi connectivity index (χ0v) is 30.9. The minimum Gasteiger partial charge on any atom is -0.466 e. The maximum atomic E-state index is 13.2. The molecule has 0 bridgehead atoms. The van der Waals surface area contributed by atoms with Crippen molar-refractivity contribution in [3.63, 3.8) is 0 Å². The first-order valence-corrected chi connectivity index (χ1v) is 19.8. The Bertz CT molecular complexity index is 999. The van der Waals surface area contributed by atoms with Crippen LogP contribution < -0.4 is 17.2 Å². The molecule has 4 aliphatic rings. The Kier molecular flexibility index (Phi) is 15.5. The summed E-state index contributed by atoms with van der Waals surface area (Å²) in [6.07, 6.45) is 15.2. The van der Waals surface area contributed by atoms with Crippen LogP contribution in [0.3, 0.4) is 0 Å². The fraction of sp³-hybridized carbons (Fsp3) is 0.949. The summed E-state index contributed by atoms with van der Waals surface area (Å²) in [4.78, 5) is 25.9. The monoisotopic (exact) mass is 678 g/mol. The zero-order chi connectivity index (χ0) is 34.7. The summed E-state index contributed by atoms with van der Waals surface area (Å²) >= 11 is 0.